The van der Waals surface area contributed by atoms with Crippen LogP contribution in [-0.4, -0.2) is 6.71 Å². The predicted molar refractivity (Wildman–Crippen MR) is 364 cm³/mol. The molecule has 0 saturated heterocycles. The highest BCUT2D eigenvalue weighted by molar-refractivity contribution is 7.00. The van der Waals surface area contributed by atoms with E-state index >= 15 is 0 Å². The Morgan fingerprint density at radius 2 is 0.631 bits per heavy atom. The minimum atomic E-state index is -0.0270. The van der Waals surface area contributed by atoms with Gasteiger partial charge in [-0.3, -0.25) is 0 Å². The molecule has 0 aromatic heterocycles. The molecule has 7 aromatic carbocycles. The SMILES string of the molecule is CC(C)(C)c1ccc(N(c2ccc(C(C)(C)C)cc2)c2cc3c4c(c2)N(c2ccc5c(c2)C(C)(C)CC5(C)C)c2cc5c(cc2B4c2cc4c(cc2N3c2ccc3c(c2)C(C)(C)CCC3(C)C)C(C)(C)CCC4(C)C)C(C)(C)CC5(C)C)cc1. The first kappa shape index (κ1) is 57.1. The molecule has 0 atom stereocenters. The van der Waals surface area contributed by atoms with Gasteiger partial charge in [-0.1, -0.05) is 201 Å². The monoisotopic (exact) mass is 1110 g/mol. The molecule has 2 heterocycles. The first-order valence-corrected chi connectivity index (χ1v) is 32.3. The molecule has 0 N–H and O–H groups in total. The van der Waals surface area contributed by atoms with Gasteiger partial charge in [0, 0.05) is 45.5 Å². The third-order valence-electron chi connectivity index (χ3n) is 22.4. The lowest BCUT2D eigenvalue weighted by molar-refractivity contribution is 0.332. The largest absolute Gasteiger partial charge is 0.311 e. The Kier molecular flexibility index (Phi) is 12.1. The average Bonchev–Trinajstić information content (AvgIpc) is 0.898. The Hall–Kier alpha value is -6.00. The highest BCUT2D eigenvalue weighted by atomic mass is 15.2. The maximum absolute atomic E-state index is 2.77. The molecule has 4 aliphatic carbocycles. The van der Waals surface area contributed by atoms with Crippen molar-refractivity contribution in [3.8, 4) is 0 Å². The summed E-state index contributed by atoms with van der Waals surface area (Å²) < 4.78 is 0. The Morgan fingerprint density at radius 3 is 1.02 bits per heavy atom. The molecule has 4 heteroatoms. The van der Waals surface area contributed by atoms with Gasteiger partial charge in [-0.15, -0.1) is 0 Å². The van der Waals surface area contributed by atoms with Gasteiger partial charge in [0.15, 0.2) is 0 Å². The smallest absolute Gasteiger partial charge is 0.252 e. The van der Waals surface area contributed by atoms with E-state index in [1.165, 1.54) is 113 Å². The molecule has 7 aromatic rings. The molecule has 84 heavy (non-hydrogen) atoms. The second-order valence-corrected chi connectivity index (χ2v) is 34.7. The molecule has 0 fully saturated rings. The lowest BCUT2D eigenvalue weighted by Gasteiger charge is -2.48. The Morgan fingerprint density at radius 1 is 0.321 bits per heavy atom. The summed E-state index contributed by atoms with van der Waals surface area (Å²) in [6.07, 6.45) is 6.89. The van der Waals surface area contributed by atoms with E-state index < -0.39 is 0 Å². The van der Waals surface area contributed by atoms with Crippen molar-refractivity contribution in [3.05, 3.63) is 177 Å². The lowest BCUT2D eigenvalue weighted by atomic mass is 9.33. The normalized spacial score (nSPS) is 20.9. The molecule has 436 valence electrons. The summed E-state index contributed by atoms with van der Waals surface area (Å²) >= 11 is 0. The zero-order chi connectivity index (χ0) is 60.4. The van der Waals surface area contributed by atoms with E-state index in [4.69, 9.17) is 0 Å². The summed E-state index contributed by atoms with van der Waals surface area (Å²) in [4.78, 5) is 8.10. The van der Waals surface area contributed by atoms with Gasteiger partial charge in [-0.05, 0) is 237 Å². The number of rotatable bonds is 5. The van der Waals surface area contributed by atoms with Crippen LogP contribution in [0.15, 0.2) is 121 Å². The minimum absolute atomic E-state index is 0.00323. The van der Waals surface area contributed by atoms with Crippen LogP contribution in [0.1, 0.15) is 246 Å². The van der Waals surface area contributed by atoms with Crippen LogP contribution < -0.4 is 31.1 Å². The van der Waals surface area contributed by atoms with Gasteiger partial charge in [0.25, 0.3) is 6.71 Å². The lowest BCUT2D eigenvalue weighted by Crippen LogP contribution is -2.62. The maximum Gasteiger partial charge on any atom is 0.252 e. The van der Waals surface area contributed by atoms with Gasteiger partial charge >= 0.3 is 0 Å². The van der Waals surface area contributed by atoms with Gasteiger partial charge in [-0.25, -0.2) is 0 Å². The van der Waals surface area contributed by atoms with E-state index in [1.807, 2.05) is 0 Å². The van der Waals surface area contributed by atoms with Crippen molar-refractivity contribution >= 4 is 74.3 Å². The van der Waals surface area contributed by atoms with E-state index in [0.29, 0.717) is 0 Å². The maximum atomic E-state index is 2.77. The van der Waals surface area contributed by atoms with Crippen molar-refractivity contribution in [3.63, 3.8) is 0 Å². The van der Waals surface area contributed by atoms with Crippen LogP contribution in [0.4, 0.5) is 51.2 Å². The van der Waals surface area contributed by atoms with Crippen molar-refractivity contribution in [2.75, 3.05) is 14.7 Å². The molecule has 0 unspecified atom stereocenters. The number of hydrogen-bond donors (Lipinski definition) is 0. The van der Waals surface area contributed by atoms with Crippen molar-refractivity contribution in [1.82, 2.24) is 0 Å². The van der Waals surface area contributed by atoms with Gasteiger partial charge in [0.1, 0.15) is 0 Å². The van der Waals surface area contributed by atoms with Gasteiger partial charge in [-0.2, -0.15) is 0 Å². The van der Waals surface area contributed by atoms with Crippen molar-refractivity contribution in [1.29, 1.82) is 0 Å². The molecule has 6 aliphatic rings. The zero-order valence-corrected chi connectivity index (χ0v) is 55.7. The number of fused-ring (bicyclic) bond motifs is 8. The molecule has 0 saturated carbocycles. The fourth-order valence-corrected chi connectivity index (χ4v) is 17.7. The van der Waals surface area contributed by atoms with Crippen LogP contribution in [0.5, 0.6) is 0 Å². The van der Waals surface area contributed by atoms with Crippen molar-refractivity contribution in [2.45, 2.75) is 245 Å². The fourth-order valence-electron chi connectivity index (χ4n) is 17.7. The summed E-state index contributed by atoms with van der Waals surface area (Å²) in [7, 11) is 0. The predicted octanol–water partition coefficient (Wildman–Crippen LogP) is 20.4. The molecule has 0 radical (unpaired) electrons. The van der Waals surface area contributed by atoms with Crippen molar-refractivity contribution < 1.29 is 0 Å². The van der Waals surface area contributed by atoms with E-state index in [2.05, 4.69) is 288 Å². The van der Waals surface area contributed by atoms with E-state index in [0.717, 1.165) is 49.2 Å². The molecule has 0 bridgehead atoms. The average molecular weight is 1110 g/mol. The van der Waals surface area contributed by atoms with Crippen LogP contribution in [0.3, 0.4) is 0 Å². The summed E-state index contributed by atoms with van der Waals surface area (Å²) in [6.45, 7) is 53.9. The molecular weight excluding hydrogens is 1010 g/mol. The van der Waals surface area contributed by atoms with Crippen LogP contribution >= 0.6 is 0 Å². The number of hydrogen-bond acceptors (Lipinski definition) is 3. The van der Waals surface area contributed by atoms with E-state index in [9.17, 15) is 0 Å². The molecule has 3 nitrogen and oxygen atoms in total. The highest BCUT2D eigenvalue weighted by Crippen LogP contribution is 2.58. The molecule has 0 amide bonds. The van der Waals surface area contributed by atoms with Gasteiger partial charge in [0.05, 0.1) is 5.69 Å². The Labute approximate surface area is 508 Å². The summed E-state index contributed by atoms with van der Waals surface area (Å²) in [5.74, 6) is 0. The van der Waals surface area contributed by atoms with Gasteiger partial charge < -0.3 is 14.7 Å². The molecule has 2 aliphatic heterocycles. The van der Waals surface area contributed by atoms with Crippen LogP contribution in [-0.2, 0) is 54.1 Å². The highest BCUT2D eigenvalue weighted by Gasteiger charge is 2.51. The van der Waals surface area contributed by atoms with Crippen LogP contribution in [0.2, 0.25) is 0 Å². The van der Waals surface area contributed by atoms with Crippen LogP contribution in [0, 0.1) is 0 Å². The molecule has 0 spiro atoms. The molecular formula is C80H98BN3. The second-order valence-electron chi connectivity index (χ2n) is 34.7. The number of benzene rings is 7. The topological polar surface area (TPSA) is 9.72 Å². The van der Waals surface area contributed by atoms with E-state index in [-0.39, 0.29) is 60.9 Å². The van der Waals surface area contributed by atoms with E-state index in [1.54, 1.807) is 0 Å². The first-order valence-electron chi connectivity index (χ1n) is 32.3. The third kappa shape index (κ3) is 8.68. The number of anilines is 9. The van der Waals surface area contributed by atoms with Crippen LogP contribution in [0.25, 0.3) is 0 Å². The Balaban J connectivity index is 1.20. The third-order valence-corrected chi connectivity index (χ3v) is 22.4. The van der Waals surface area contributed by atoms with Crippen molar-refractivity contribution in [2.24, 2.45) is 0 Å². The number of nitrogens with zero attached hydrogens (tertiary/aromatic N) is 3. The first-order chi connectivity index (χ1) is 38.8. The summed E-state index contributed by atoms with van der Waals surface area (Å²) in [5.41, 5.74) is 30.2. The van der Waals surface area contributed by atoms with Gasteiger partial charge in [0.2, 0.25) is 0 Å². The second kappa shape index (κ2) is 17.8. The molecule has 13 rings (SSSR count). The summed E-state index contributed by atoms with van der Waals surface area (Å²) in [6, 6.07) is 50.4. The minimum Gasteiger partial charge on any atom is -0.311 e. The Bertz CT molecular complexity index is 3820. The summed E-state index contributed by atoms with van der Waals surface area (Å²) in [5, 5.41) is 0. The zero-order valence-electron chi connectivity index (χ0n) is 55.7. The fraction of sp³-hybridized carbons (Fsp3) is 0.475. The standard InChI is InChI=1S/C80H98BN3/c1-71(2,3)49-23-27-51(28-24-49)82(52-29-25-50(26-30-52)72(4,5)6)55-41-68-70-69(42-55)84(54-32-34-57-59(40-54)78(17,18)47-77(57,15)16)67-46-63-61(79(19,20)48-80(63,21)22)44-65(67)81(70)64-43-60-62(76(13,14)38-37-75(60,11)12)45-66(64)83(68)53-31-33-56-58(39-53)74(9,10)36-35-73(56,7)8/h23-34,39-46H,35-38,47-48H2,1-22H3. The quantitative estimate of drug-likeness (QED) is 0.159.